The Labute approximate surface area is 58.5 Å². The van der Waals surface area contributed by atoms with Crippen LogP contribution in [0.25, 0.3) is 0 Å². The van der Waals surface area contributed by atoms with Gasteiger partial charge in [-0.3, -0.25) is 9.79 Å². The number of carbonyl (C=O) groups excluding carboxylic acids is 1. The van der Waals surface area contributed by atoms with E-state index in [1.807, 2.05) is 0 Å². The van der Waals surface area contributed by atoms with Crippen LogP contribution in [0.3, 0.4) is 0 Å². The van der Waals surface area contributed by atoms with Crippen molar-refractivity contribution in [3.05, 3.63) is 23.4 Å². The zero-order valence-electron chi connectivity index (χ0n) is 4.80. The van der Waals surface area contributed by atoms with Crippen molar-refractivity contribution in [1.82, 2.24) is 0 Å². The van der Waals surface area contributed by atoms with Gasteiger partial charge in [0.1, 0.15) is 5.16 Å². The molecule has 0 unspecified atom stereocenters. The largest absolute Gasteiger partial charge is 0.298 e. The number of carbonyl (C=O) groups is 1. The van der Waals surface area contributed by atoms with E-state index in [2.05, 4.69) is 18.3 Å². The zero-order chi connectivity index (χ0) is 7.28. The van der Waals surface area contributed by atoms with E-state index in [1.165, 1.54) is 6.08 Å². The summed E-state index contributed by atoms with van der Waals surface area (Å²) < 4.78 is 0. The summed E-state index contributed by atoms with van der Waals surface area (Å²) in [5, 5.41) is 0.0833. The third kappa shape index (κ3) is 2.24. The maximum Gasteiger partial charge on any atom is 0.153 e. The third-order valence-corrected chi connectivity index (χ3v) is 1.06. The molecular weight excluding hydrogens is 138 g/mol. The first-order valence-corrected chi connectivity index (χ1v) is 2.58. The smallest absolute Gasteiger partial charge is 0.153 e. The monoisotopic (exact) mass is 143 g/mol. The number of allylic oxidation sites excluding steroid dienone is 2. The van der Waals surface area contributed by atoms with Gasteiger partial charge in [-0.25, -0.2) is 0 Å². The standard InChI is InChI=1S/C6H6ClNO/c1-3-5(4-9)6(7)8-2/h3-4H,1-2H2/b6-5+. The number of aldehydes is 1. The van der Waals surface area contributed by atoms with E-state index in [4.69, 9.17) is 11.6 Å². The maximum atomic E-state index is 10.0. The SMILES string of the molecule is C=C/C(C=O)=C(/Cl)N=C. The summed E-state index contributed by atoms with van der Waals surface area (Å²) in [6, 6.07) is 0. The third-order valence-electron chi connectivity index (χ3n) is 0.724. The number of nitrogens with zero attached hydrogens (tertiary/aromatic N) is 1. The van der Waals surface area contributed by atoms with Gasteiger partial charge in [0.15, 0.2) is 6.29 Å². The molecule has 3 heteroatoms. The Balaban J connectivity index is 4.56. The fourth-order valence-electron chi connectivity index (χ4n) is 0.272. The molecule has 0 rings (SSSR count). The lowest BCUT2D eigenvalue weighted by atomic mass is 10.3. The van der Waals surface area contributed by atoms with Crippen molar-refractivity contribution >= 4 is 24.6 Å². The molecule has 0 aromatic rings. The van der Waals surface area contributed by atoms with Gasteiger partial charge >= 0.3 is 0 Å². The minimum Gasteiger partial charge on any atom is -0.298 e. The highest BCUT2D eigenvalue weighted by atomic mass is 35.5. The molecule has 0 atom stereocenters. The molecule has 0 amide bonds. The van der Waals surface area contributed by atoms with Crippen molar-refractivity contribution in [3.8, 4) is 0 Å². The van der Waals surface area contributed by atoms with E-state index < -0.39 is 0 Å². The summed E-state index contributed by atoms with van der Waals surface area (Å²) in [5.41, 5.74) is 0.256. The fraction of sp³-hybridized carbons (Fsp3) is 0. The number of hydrogen-bond acceptors (Lipinski definition) is 2. The molecule has 0 aliphatic carbocycles. The Bertz CT molecular complexity index is 162. The minimum absolute atomic E-state index is 0.0833. The molecule has 0 aromatic heterocycles. The summed E-state index contributed by atoms with van der Waals surface area (Å²) >= 11 is 5.38. The summed E-state index contributed by atoms with van der Waals surface area (Å²) in [6.45, 7) is 6.47. The predicted octanol–water partition coefficient (Wildman–Crippen LogP) is 1.52. The van der Waals surface area contributed by atoms with Crippen LogP contribution in [0.1, 0.15) is 0 Å². The van der Waals surface area contributed by atoms with E-state index in [-0.39, 0.29) is 10.7 Å². The Morgan fingerprint density at radius 1 is 1.67 bits per heavy atom. The average molecular weight is 144 g/mol. The topological polar surface area (TPSA) is 29.4 Å². The lowest BCUT2D eigenvalue weighted by molar-refractivity contribution is -0.104. The first-order valence-electron chi connectivity index (χ1n) is 2.20. The molecule has 0 bridgehead atoms. The van der Waals surface area contributed by atoms with Gasteiger partial charge in [-0.2, -0.15) is 0 Å². The molecule has 0 N–H and O–H groups in total. The molecule has 9 heavy (non-hydrogen) atoms. The van der Waals surface area contributed by atoms with Crippen molar-refractivity contribution in [2.45, 2.75) is 0 Å². The summed E-state index contributed by atoms with van der Waals surface area (Å²) in [6.07, 6.45) is 1.90. The first kappa shape index (κ1) is 8.11. The Morgan fingerprint density at radius 3 is 2.33 bits per heavy atom. The molecule has 0 heterocycles. The normalized spacial score (nSPS) is 11.7. The van der Waals surface area contributed by atoms with Crippen LogP contribution >= 0.6 is 11.6 Å². The van der Waals surface area contributed by atoms with Gasteiger partial charge in [-0.05, 0) is 6.72 Å². The van der Waals surface area contributed by atoms with Crippen LogP contribution in [0.5, 0.6) is 0 Å². The quantitative estimate of drug-likeness (QED) is 0.194. The predicted molar refractivity (Wildman–Crippen MR) is 38.7 cm³/mol. The lowest BCUT2D eigenvalue weighted by Crippen LogP contribution is -1.79. The molecule has 0 fully saturated rings. The van der Waals surface area contributed by atoms with E-state index in [0.717, 1.165) is 0 Å². The Kier molecular flexibility index (Phi) is 3.64. The number of rotatable bonds is 3. The van der Waals surface area contributed by atoms with Gasteiger partial charge in [0, 0.05) is 0 Å². The van der Waals surface area contributed by atoms with Crippen molar-refractivity contribution < 1.29 is 4.79 Å². The summed E-state index contributed by atoms with van der Waals surface area (Å²) in [7, 11) is 0. The molecule has 0 aliphatic rings. The fourth-order valence-corrected chi connectivity index (χ4v) is 0.394. The highest BCUT2D eigenvalue weighted by Gasteiger charge is 1.93. The van der Waals surface area contributed by atoms with Crippen LogP contribution in [0.15, 0.2) is 28.4 Å². The van der Waals surface area contributed by atoms with Gasteiger partial charge in [-0.1, -0.05) is 24.3 Å². The van der Waals surface area contributed by atoms with Crippen molar-refractivity contribution in [1.29, 1.82) is 0 Å². The van der Waals surface area contributed by atoms with Gasteiger partial charge in [0.2, 0.25) is 0 Å². The molecule has 0 saturated heterocycles. The van der Waals surface area contributed by atoms with Gasteiger partial charge in [0.25, 0.3) is 0 Å². The first-order chi connectivity index (χ1) is 4.26. The average Bonchev–Trinajstić information content (AvgIpc) is 1.90. The van der Waals surface area contributed by atoms with Gasteiger partial charge in [0.05, 0.1) is 5.57 Å². The van der Waals surface area contributed by atoms with Crippen LogP contribution in [0.2, 0.25) is 0 Å². The summed E-state index contributed by atoms with van der Waals surface area (Å²) in [4.78, 5) is 13.4. The van der Waals surface area contributed by atoms with Crippen LogP contribution < -0.4 is 0 Å². The van der Waals surface area contributed by atoms with E-state index in [0.29, 0.717) is 6.29 Å². The highest BCUT2D eigenvalue weighted by Crippen LogP contribution is 2.07. The highest BCUT2D eigenvalue weighted by molar-refractivity contribution is 6.31. The second kappa shape index (κ2) is 4.04. The van der Waals surface area contributed by atoms with Gasteiger partial charge in [-0.15, -0.1) is 0 Å². The van der Waals surface area contributed by atoms with Crippen molar-refractivity contribution in [2.75, 3.05) is 0 Å². The van der Waals surface area contributed by atoms with E-state index in [9.17, 15) is 4.79 Å². The second-order valence-corrected chi connectivity index (χ2v) is 1.58. The minimum atomic E-state index is 0.0833. The van der Waals surface area contributed by atoms with Crippen LogP contribution in [-0.4, -0.2) is 13.0 Å². The van der Waals surface area contributed by atoms with Crippen LogP contribution in [0, 0.1) is 0 Å². The molecule has 0 spiro atoms. The van der Waals surface area contributed by atoms with Crippen LogP contribution in [0.4, 0.5) is 0 Å². The van der Waals surface area contributed by atoms with Crippen molar-refractivity contribution in [2.24, 2.45) is 4.99 Å². The Morgan fingerprint density at radius 2 is 2.22 bits per heavy atom. The van der Waals surface area contributed by atoms with E-state index in [1.54, 1.807) is 0 Å². The molecule has 0 aromatic carbocycles. The summed E-state index contributed by atoms with van der Waals surface area (Å²) in [5.74, 6) is 0. The Hall–Kier alpha value is -0.890. The molecule has 2 nitrogen and oxygen atoms in total. The maximum absolute atomic E-state index is 10.0. The molecule has 0 saturated carbocycles. The lowest BCUT2D eigenvalue weighted by Gasteiger charge is -1.87. The zero-order valence-corrected chi connectivity index (χ0v) is 5.56. The number of halogens is 1. The van der Waals surface area contributed by atoms with E-state index >= 15 is 0 Å². The second-order valence-electron chi connectivity index (χ2n) is 1.23. The number of hydrogen-bond donors (Lipinski definition) is 0. The molecular formula is C6H6ClNO. The van der Waals surface area contributed by atoms with Gasteiger partial charge < -0.3 is 0 Å². The molecule has 0 radical (unpaired) electrons. The number of aliphatic imine (C=N–C) groups is 1. The van der Waals surface area contributed by atoms with Crippen molar-refractivity contribution in [3.63, 3.8) is 0 Å². The van der Waals surface area contributed by atoms with Crippen LogP contribution in [-0.2, 0) is 4.79 Å². The molecule has 48 valence electrons. The molecule has 0 aliphatic heterocycles.